The van der Waals surface area contributed by atoms with Gasteiger partial charge in [-0.1, -0.05) is 0 Å². The van der Waals surface area contributed by atoms with Crippen LogP contribution in [-0.4, -0.2) is 43.6 Å². The smallest absolute Gasteiger partial charge is 0.219 e. The first-order valence-corrected chi connectivity index (χ1v) is 11.2. The second kappa shape index (κ2) is 7.72. The number of hydrogen-bond donors (Lipinski definition) is 2. The minimum Gasteiger partial charge on any atom is -0.452 e. The number of nitrogens with zero attached hydrogens (tertiary/aromatic N) is 4. The van der Waals surface area contributed by atoms with Crippen LogP contribution in [0.4, 0.5) is 10.2 Å². The maximum atomic E-state index is 13.6. The molecule has 1 aromatic carbocycles. The topological polar surface area (TPSA) is 106 Å². The number of furan rings is 1. The van der Waals surface area contributed by atoms with E-state index in [2.05, 4.69) is 15.1 Å². The van der Waals surface area contributed by atoms with Gasteiger partial charge in [-0.05, 0) is 37.1 Å². The van der Waals surface area contributed by atoms with Gasteiger partial charge in [-0.15, -0.1) is 0 Å². The number of piperidine rings is 1. The number of H-pyrrole nitrogens is 1. The lowest BCUT2D eigenvalue weighted by Crippen LogP contribution is -2.37. The fraction of sp³-hybridized carbons (Fsp3) is 0.240. The Balaban J connectivity index is 1.37. The third kappa shape index (κ3) is 3.32. The number of aromatic nitrogens is 4. The number of pyridine rings is 1. The average molecular weight is 458 g/mol. The zero-order valence-electron chi connectivity index (χ0n) is 18.6. The van der Waals surface area contributed by atoms with E-state index in [4.69, 9.17) is 10.2 Å². The first-order chi connectivity index (χ1) is 16.5. The number of nitrogens with one attached hydrogen (secondary N) is 1. The highest BCUT2D eigenvalue weighted by atomic mass is 19.1. The van der Waals surface area contributed by atoms with Gasteiger partial charge in [0.05, 0.1) is 12.2 Å². The largest absolute Gasteiger partial charge is 0.452 e. The number of anilines is 1. The van der Waals surface area contributed by atoms with Crippen LogP contribution in [0.5, 0.6) is 0 Å². The summed E-state index contributed by atoms with van der Waals surface area (Å²) < 4.78 is 21.7. The van der Waals surface area contributed by atoms with Crippen molar-refractivity contribution in [2.45, 2.75) is 25.8 Å². The number of benzene rings is 1. The number of carbonyl (C=O) groups excluding carboxylic acids is 1. The lowest BCUT2D eigenvalue weighted by atomic mass is 10.0. The quantitative estimate of drug-likeness (QED) is 0.406. The van der Waals surface area contributed by atoms with Crippen molar-refractivity contribution in [2.24, 2.45) is 0 Å². The molecule has 0 radical (unpaired) electrons. The van der Waals surface area contributed by atoms with E-state index in [1.54, 1.807) is 25.4 Å². The van der Waals surface area contributed by atoms with Crippen LogP contribution >= 0.6 is 0 Å². The SMILES string of the molecule is CC(=O)N1CCC(n2cc(-c3cnc(N)c4oc(-c5c[nH]c6cc(F)ccc56)cc34)cn2)CC1. The number of fused-ring (bicyclic) bond motifs is 2. The highest BCUT2D eigenvalue weighted by Crippen LogP contribution is 2.39. The summed E-state index contributed by atoms with van der Waals surface area (Å²) in [4.78, 5) is 20.9. The van der Waals surface area contributed by atoms with Crippen molar-refractivity contribution in [3.05, 3.63) is 54.9 Å². The van der Waals surface area contributed by atoms with Gasteiger partial charge in [0.1, 0.15) is 11.6 Å². The Morgan fingerprint density at radius 1 is 1.18 bits per heavy atom. The Labute approximate surface area is 194 Å². The van der Waals surface area contributed by atoms with Gasteiger partial charge in [-0.25, -0.2) is 9.37 Å². The van der Waals surface area contributed by atoms with E-state index in [1.165, 1.54) is 12.1 Å². The molecule has 9 heteroatoms. The van der Waals surface area contributed by atoms with Gasteiger partial charge in [0.15, 0.2) is 11.4 Å². The van der Waals surface area contributed by atoms with Crippen molar-refractivity contribution in [3.63, 3.8) is 0 Å². The zero-order chi connectivity index (χ0) is 23.4. The van der Waals surface area contributed by atoms with Crippen molar-refractivity contribution < 1.29 is 13.6 Å². The predicted octanol–water partition coefficient (Wildman–Crippen LogP) is 4.74. The van der Waals surface area contributed by atoms with E-state index in [0.717, 1.165) is 53.4 Å². The Kier molecular flexibility index (Phi) is 4.65. The molecule has 4 aromatic heterocycles. The maximum absolute atomic E-state index is 13.6. The maximum Gasteiger partial charge on any atom is 0.219 e. The summed E-state index contributed by atoms with van der Waals surface area (Å²) >= 11 is 0. The molecule has 3 N–H and O–H groups in total. The average Bonchev–Trinajstić information content (AvgIpc) is 3.57. The first kappa shape index (κ1) is 20.5. The van der Waals surface area contributed by atoms with E-state index < -0.39 is 0 Å². The van der Waals surface area contributed by atoms with Crippen LogP contribution in [0.3, 0.4) is 0 Å². The number of nitrogens with two attached hydrogens (primary N) is 1. The molecule has 0 atom stereocenters. The van der Waals surface area contributed by atoms with Crippen LogP contribution in [0.1, 0.15) is 25.8 Å². The summed E-state index contributed by atoms with van der Waals surface area (Å²) in [5, 5.41) is 6.30. The van der Waals surface area contributed by atoms with Crippen molar-refractivity contribution in [2.75, 3.05) is 18.8 Å². The molecule has 0 saturated carbocycles. The Bertz CT molecular complexity index is 1540. The van der Waals surface area contributed by atoms with Crippen molar-refractivity contribution in [1.82, 2.24) is 24.6 Å². The molecule has 8 nitrogen and oxygen atoms in total. The van der Waals surface area contributed by atoms with Crippen LogP contribution < -0.4 is 5.73 Å². The number of nitrogen functional groups attached to an aromatic ring is 1. The van der Waals surface area contributed by atoms with Crippen LogP contribution in [0.25, 0.3) is 44.3 Å². The lowest BCUT2D eigenvalue weighted by Gasteiger charge is -2.31. The van der Waals surface area contributed by atoms with Gasteiger partial charge < -0.3 is 20.0 Å². The molecule has 1 fully saturated rings. The molecule has 172 valence electrons. The van der Waals surface area contributed by atoms with Gasteiger partial charge in [0, 0.05) is 71.6 Å². The van der Waals surface area contributed by atoms with Gasteiger partial charge >= 0.3 is 0 Å². The molecule has 1 amide bonds. The number of amides is 1. The van der Waals surface area contributed by atoms with Gasteiger partial charge in [0.2, 0.25) is 5.91 Å². The molecular formula is C25H23FN6O2. The molecule has 6 rings (SSSR count). The summed E-state index contributed by atoms with van der Waals surface area (Å²) in [6, 6.07) is 6.80. The third-order valence-corrected chi connectivity index (χ3v) is 6.69. The molecule has 1 aliphatic rings. The first-order valence-electron chi connectivity index (χ1n) is 11.2. The molecule has 0 bridgehead atoms. The van der Waals surface area contributed by atoms with Crippen LogP contribution in [-0.2, 0) is 4.79 Å². The molecule has 5 aromatic rings. The Hall–Kier alpha value is -4.14. The van der Waals surface area contributed by atoms with Gasteiger partial charge in [-0.3, -0.25) is 9.48 Å². The summed E-state index contributed by atoms with van der Waals surface area (Å²) in [6.45, 7) is 3.09. The lowest BCUT2D eigenvalue weighted by molar-refractivity contribution is -0.130. The monoisotopic (exact) mass is 458 g/mol. The summed E-state index contributed by atoms with van der Waals surface area (Å²) in [6.07, 6.45) is 9.12. The fourth-order valence-corrected chi connectivity index (χ4v) is 4.83. The van der Waals surface area contributed by atoms with Gasteiger partial charge in [-0.2, -0.15) is 5.10 Å². The summed E-state index contributed by atoms with van der Waals surface area (Å²) in [7, 11) is 0. The van der Waals surface area contributed by atoms with Crippen LogP contribution in [0.15, 0.2) is 53.5 Å². The highest BCUT2D eigenvalue weighted by Gasteiger charge is 2.23. The second-order valence-electron chi connectivity index (χ2n) is 8.75. The summed E-state index contributed by atoms with van der Waals surface area (Å²) in [5.74, 6) is 0.744. The second-order valence-corrected chi connectivity index (χ2v) is 8.75. The van der Waals surface area contributed by atoms with E-state index in [1.807, 2.05) is 28.0 Å². The highest BCUT2D eigenvalue weighted by molar-refractivity contribution is 6.02. The van der Waals surface area contributed by atoms with E-state index >= 15 is 0 Å². The molecule has 0 aliphatic carbocycles. The molecule has 34 heavy (non-hydrogen) atoms. The number of rotatable bonds is 3. The number of carbonyl (C=O) groups is 1. The van der Waals surface area contributed by atoms with Crippen LogP contribution in [0.2, 0.25) is 0 Å². The van der Waals surface area contributed by atoms with Crippen LogP contribution in [0, 0.1) is 5.82 Å². The van der Waals surface area contributed by atoms with Crippen molar-refractivity contribution in [3.8, 4) is 22.5 Å². The summed E-state index contributed by atoms with van der Waals surface area (Å²) in [5.41, 5.74) is 9.96. The van der Waals surface area contributed by atoms with E-state index in [0.29, 0.717) is 22.7 Å². The number of halogens is 1. The minimum atomic E-state index is -0.301. The number of hydrogen-bond acceptors (Lipinski definition) is 5. The molecule has 1 saturated heterocycles. The Morgan fingerprint density at radius 3 is 2.79 bits per heavy atom. The molecule has 1 aliphatic heterocycles. The third-order valence-electron chi connectivity index (χ3n) is 6.69. The van der Waals surface area contributed by atoms with Crippen molar-refractivity contribution >= 4 is 33.6 Å². The Morgan fingerprint density at radius 2 is 2.00 bits per heavy atom. The molecule has 0 spiro atoms. The molecule has 0 unspecified atom stereocenters. The standard InChI is InChI=1S/C25H23FN6O2/c1-14(33)31-6-4-17(5-7-31)32-13-15(10-30-32)20-11-29-25(27)24-19(20)9-23(34-24)21-12-28-22-8-16(26)2-3-18(21)22/h2-3,8-13,17,28H,4-7H2,1H3,(H2,27,29). The van der Waals surface area contributed by atoms with E-state index in [9.17, 15) is 9.18 Å². The number of likely N-dealkylation sites (tertiary alicyclic amines) is 1. The predicted molar refractivity (Wildman–Crippen MR) is 127 cm³/mol. The number of aromatic amines is 1. The molecule has 5 heterocycles. The zero-order valence-corrected chi connectivity index (χ0v) is 18.6. The minimum absolute atomic E-state index is 0.117. The van der Waals surface area contributed by atoms with Crippen molar-refractivity contribution in [1.29, 1.82) is 0 Å². The van der Waals surface area contributed by atoms with Gasteiger partial charge in [0.25, 0.3) is 0 Å². The normalized spacial score (nSPS) is 14.9. The molecular weight excluding hydrogens is 435 g/mol. The van der Waals surface area contributed by atoms with E-state index in [-0.39, 0.29) is 17.8 Å². The fourth-order valence-electron chi connectivity index (χ4n) is 4.83.